The zero-order chi connectivity index (χ0) is 13.4. The average molecular weight is 320 g/mol. The van der Waals surface area contributed by atoms with Gasteiger partial charge in [0.15, 0.2) is 5.78 Å². The second-order valence-electron chi connectivity index (χ2n) is 4.68. The number of halogens is 1. The molecule has 1 aliphatic heterocycles. The van der Waals surface area contributed by atoms with Gasteiger partial charge in [0.2, 0.25) is 0 Å². The zero-order valence-electron chi connectivity index (χ0n) is 10.6. The van der Waals surface area contributed by atoms with Crippen LogP contribution in [0.5, 0.6) is 0 Å². The van der Waals surface area contributed by atoms with E-state index in [2.05, 4.69) is 30.4 Å². The van der Waals surface area contributed by atoms with Gasteiger partial charge in [-0.15, -0.1) is 0 Å². The highest BCUT2D eigenvalue weighted by molar-refractivity contribution is 9.10. The maximum atomic E-state index is 11.8. The van der Waals surface area contributed by atoms with Gasteiger partial charge in [0.05, 0.1) is 6.54 Å². The quantitative estimate of drug-likeness (QED) is 0.799. The van der Waals surface area contributed by atoms with Crippen LogP contribution in [0.4, 0.5) is 5.69 Å². The summed E-state index contributed by atoms with van der Waals surface area (Å²) in [5, 5.41) is 0. The Morgan fingerprint density at radius 1 is 1.37 bits per heavy atom. The van der Waals surface area contributed by atoms with Crippen LogP contribution in [-0.2, 0) is 13.1 Å². The molecule has 0 atom stereocenters. The standard InChI is InChI=1S/C14H14BrN3O/c1-10(19)12-3-2-11(15)8-13(12)18-7-6-17-5-4-16-14(17)9-18/h2-5,8H,6-7,9H2,1H3. The number of hydrogen-bond acceptors (Lipinski definition) is 3. The van der Waals surface area contributed by atoms with Gasteiger partial charge in [-0.3, -0.25) is 4.79 Å². The lowest BCUT2D eigenvalue weighted by molar-refractivity contribution is 0.101. The number of imidazole rings is 1. The molecule has 98 valence electrons. The molecule has 0 saturated heterocycles. The molecule has 19 heavy (non-hydrogen) atoms. The minimum Gasteiger partial charge on any atom is -0.362 e. The van der Waals surface area contributed by atoms with Crippen molar-refractivity contribution in [2.45, 2.75) is 20.0 Å². The molecule has 0 amide bonds. The van der Waals surface area contributed by atoms with Crippen LogP contribution in [0.25, 0.3) is 0 Å². The highest BCUT2D eigenvalue weighted by atomic mass is 79.9. The van der Waals surface area contributed by atoms with E-state index in [9.17, 15) is 4.79 Å². The minimum atomic E-state index is 0.0939. The van der Waals surface area contributed by atoms with Gasteiger partial charge < -0.3 is 9.47 Å². The topological polar surface area (TPSA) is 38.1 Å². The smallest absolute Gasteiger partial charge is 0.161 e. The van der Waals surface area contributed by atoms with E-state index in [4.69, 9.17) is 0 Å². The van der Waals surface area contributed by atoms with Crippen molar-refractivity contribution in [1.29, 1.82) is 0 Å². The molecule has 2 aromatic rings. The van der Waals surface area contributed by atoms with E-state index >= 15 is 0 Å². The molecule has 3 rings (SSSR count). The summed E-state index contributed by atoms with van der Waals surface area (Å²) in [7, 11) is 0. The Hall–Kier alpha value is -1.62. The van der Waals surface area contributed by atoms with E-state index < -0.39 is 0 Å². The van der Waals surface area contributed by atoms with Gasteiger partial charge in [-0.05, 0) is 25.1 Å². The molecule has 0 spiro atoms. The van der Waals surface area contributed by atoms with Crippen molar-refractivity contribution in [3.63, 3.8) is 0 Å². The molecule has 0 aliphatic carbocycles. The van der Waals surface area contributed by atoms with Crippen LogP contribution in [0.2, 0.25) is 0 Å². The first-order valence-corrected chi connectivity index (χ1v) is 7.00. The third-order valence-electron chi connectivity index (χ3n) is 3.42. The first-order chi connectivity index (χ1) is 9.15. The third kappa shape index (κ3) is 2.30. The first kappa shape index (κ1) is 12.4. The largest absolute Gasteiger partial charge is 0.362 e. The van der Waals surface area contributed by atoms with Crippen LogP contribution in [0.1, 0.15) is 23.1 Å². The zero-order valence-corrected chi connectivity index (χ0v) is 12.2. The number of nitrogens with zero attached hydrogens (tertiary/aromatic N) is 3. The van der Waals surface area contributed by atoms with Crippen molar-refractivity contribution in [1.82, 2.24) is 9.55 Å². The third-order valence-corrected chi connectivity index (χ3v) is 3.92. The lowest BCUT2D eigenvalue weighted by atomic mass is 10.1. The van der Waals surface area contributed by atoms with E-state index in [1.54, 1.807) is 6.92 Å². The van der Waals surface area contributed by atoms with Crippen molar-refractivity contribution in [3.8, 4) is 0 Å². The van der Waals surface area contributed by atoms with Crippen molar-refractivity contribution >= 4 is 27.4 Å². The van der Waals surface area contributed by atoms with Gasteiger partial charge in [0.1, 0.15) is 5.82 Å². The Morgan fingerprint density at radius 3 is 3.00 bits per heavy atom. The average Bonchev–Trinajstić information content (AvgIpc) is 2.85. The number of carbonyl (C=O) groups is 1. The molecule has 1 aromatic carbocycles. The molecule has 1 aromatic heterocycles. The number of benzene rings is 1. The van der Waals surface area contributed by atoms with E-state index in [1.807, 2.05) is 30.6 Å². The number of Topliss-reactive ketones (excluding diaryl/α,β-unsaturated/α-hetero) is 1. The predicted molar refractivity (Wildman–Crippen MR) is 77.4 cm³/mol. The predicted octanol–water partition coefficient (Wildman–Crippen LogP) is 2.87. The summed E-state index contributed by atoms with van der Waals surface area (Å²) < 4.78 is 3.14. The Kier molecular flexibility index (Phi) is 3.14. The Morgan fingerprint density at radius 2 is 2.21 bits per heavy atom. The van der Waals surface area contributed by atoms with Crippen LogP contribution in [0.3, 0.4) is 0 Å². The second-order valence-corrected chi connectivity index (χ2v) is 5.59. The molecular weight excluding hydrogens is 306 g/mol. The maximum Gasteiger partial charge on any atom is 0.161 e. The highest BCUT2D eigenvalue weighted by Gasteiger charge is 2.20. The Bertz CT molecular complexity index is 635. The van der Waals surface area contributed by atoms with E-state index in [1.165, 1.54) is 0 Å². The molecule has 0 radical (unpaired) electrons. The number of aromatic nitrogens is 2. The molecule has 4 nitrogen and oxygen atoms in total. The summed E-state index contributed by atoms with van der Waals surface area (Å²) >= 11 is 3.48. The molecule has 0 unspecified atom stereocenters. The fraction of sp³-hybridized carbons (Fsp3) is 0.286. The summed E-state index contributed by atoms with van der Waals surface area (Å²) in [6.45, 7) is 4.14. The van der Waals surface area contributed by atoms with Crippen molar-refractivity contribution < 1.29 is 4.79 Å². The van der Waals surface area contributed by atoms with Crippen LogP contribution >= 0.6 is 15.9 Å². The van der Waals surface area contributed by atoms with E-state index in [0.29, 0.717) is 0 Å². The molecular formula is C14H14BrN3O. The Labute approximate surface area is 120 Å². The summed E-state index contributed by atoms with van der Waals surface area (Å²) in [6.07, 6.45) is 3.82. The first-order valence-electron chi connectivity index (χ1n) is 6.20. The fourth-order valence-corrected chi connectivity index (χ4v) is 2.79. The van der Waals surface area contributed by atoms with Gasteiger partial charge in [-0.2, -0.15) is 0 Å². The summed E-state index contributed by atoms with van der Waals surface area (Å²) in [5.74, 6) is 1.14. The van der Waals surface area contributed by atoms with Gasteiger partial charge in [0.25, 0.3) is 0 Å². The minimum absolute atomic E-state index is 0.0939. The Balaban J connectivity index is 1.99. The van der Waals surface area contributed by atoms with Gasteiger partial charge in [-0.1, -0.05) is 15.9 Å². The lowest BCUT2D eigenvalue weighted by Gasteiger charge is -2.31. The number of ketones is 1. The maximum absolute atomic E-state index is 11.8. The second kappa shape index (κ2) is 4.81. The van der Waals surface area contributed by atoms with Crippen LogP contribution in [0, 0.1) is 0 Å². The van der Waals surface area contributed by atoms with Gasteiger partial charge in [0, 0.05) is 41.2 Å². The molecule has 1 aliphatic rings. The molecule has 0 bridgehead atoms. The van der Waals surface area contributed by atoms with Crippen molar-refractivity contribution in [3.05, 3.63) is 46.5 Å². The SMILES string of the molecule is CC(=O)c1ccc(Br)cc1N1CCn2ccnc2C1. The molecule has 0 fully saturated rings. The van der Waals surface area contributed by atoms with Crippen molar-refractivity contribution in [2.24, 2.45) is 0 Å². The van der Waals surface area contributed by atoms with Crippen LogP contribution in [0.15, 0.2) is 35.1 Å². The molecule has 2 heterocycles. The van der Waals surface area contributed by atoms with E-state index in [0.717, 1.165) is 41.2 Å². The number of anilines is 1. The number of hydrogen-bond donors (Lipinski definition) is 0. The fourth-order valence-electron chi connectivity index (χ4n) is 2.44. The molecule has 0 saturated carbocycles. The normalized spacial score (nSPS) is 14.3. The van der Waals surface area contributed by atoms with Crippen molar-refractivity contribution in [2.75, 3.05) is 11.4 Å². The summed E-state index contributed by atoms with van der Waals surface area (Å²) in [4.78, 5) is 18.3. The number of rotatable bonds is 2. The van der Waals surface area contributed by atoms with Gasteiger partial charge in [-0.25, -0.2) is 4.98 Å². The monoisotopic (exact) mass is 319 g/mol. The van der Waals surface area contributed by atoms with Crippen LogP contribution in [-0.4, -0.2) is 21.9 Å². The highest BCUT2D eigenvalue weighted by Crippen LogP contribution is 2.28. The van der Waals surface area contributed by atoms with Crippen LogP contribution < -0.4 is 4.90 Å². The number of fused-ring (bicyclic) bond motifs is 1. The van der Waals surface area contributed by atoms with Gasteiger partial charge >= 0.3 is 0 Å². The summed E-state index contributed by atoms with van der Waals surface area (Å²) in [6, 6.07) is 5.79. The molecule has 5 heteroatoms. The van der Waals surface area contributed by atoms with E-state index in [-0.39, 0.29) is 5.78 Å². The summed E-state index contributed by atoms with van der Waals surface area (Å²) in [5.41, 5.74) is 1.75. The lowest BCUT2D eigenvalue weighted by Crippen LogP contribution is -2.34. The molecule has 0 N–H and O–H groups in total. The number of carbonyl (C=O) groups excluding carboxylic acids is 1.